The lowest BCUT2D eigenvalue weighted by atomic mass is 10.2. The van der Waals surface area contributed by atoms with Crippen molar-refractivity contribution in [2.45, 2.75) is 26.4 Å². The average molecular weight is 347 g/mol. The van der Waals surface area contributed by atoms with Gasteiger partial charge < -0.3 is 10.1 Å². The van der Waals surface area contributed by atoms with Crippen LogP contribution in [0.1, 0.15) is 20.8 Å². The van der Waals surface area contributed by atoms with E-state index < -0.39 is 17.5 Å². The molecule has 0 aliphatic heterocycles. The summed E-state index contributed by atoms with van der Waals surface area (Å²) in [5, 5.41) is 4.84. The fourth-order valence-corrected chi connectivity index (χ4v) is 1.48. The van der Waals surface area contributed by atoms with Gasteiger partial charge in [0.05, 0.1) is 11.0 Å². The second-order valence-electron chi connectivity index (χ2n) is 4.97. The Labute approximate surface area is 125 Å². The largest absolute Gasteiger partial charge is 0.444 e. The van der Waals surface area contributed by atoms with Crippen LogP contribution in [0.25, 0.3) is 0 Å². The zero-order valence-corrected chi connectivity index (χ0v) is 13.0. The summed E-state index contributed by atoms with van der Waals surface area (Å²) in [6.45, 7) is 5.09. The molecule has 110 valence electrons. The van der Waals surface area contributed by atoms with Gasteiger partial charge >= 0.3 is 6.09 Å². The Kier molecular flexibility index (Phi) is 5.50. The molecule has 0 spiro atoms. The van der Waals surface area contributed by atoms with E-state index in [1.165, 1.54) is 18.2 Å². The number of halogens is 2. The standard InChI is InChI=1S/C13H16BrFN2O3/c1-13(2,3)20-12(19)17-11-8(15)5-4-6-9(11)16-10(18)7-14/h4-6H,7H2,1-3H3,(H,16,18)(H,17,19). The molecule has 0 unspecified atom stereocenters. The molecular weight excluding hydrogens is 331 g/mol. The van der Waals surface area contributed by atoms with Crippen LogP contribution in [0.5, 0.6) is 0 Å². The van der Waals surface area contributed by atoms with Gasteiger partial charge in [0.15, 0.2) is 0 Å². The van der Waals surface area contributed by atoms with Crippen molar-refractivity contribution in [3.05, 3.63) is 24.0 Å². The molecule has 1 aromatic carbocycles. The molecule has 0 saturated heterocycles. The number of carbonyl (C=O) groups is 2. The van der Waals surface area contributed by atoms with Gasteiger partial charge in [0.25, 0.3) is 0 Å². The van der Waals surface area contributed by atoms with E-state index in [1.807, 2.05) is 0 Å². The lowest BCUT2D eigenvalue weighted by Gasteiger charge is -2.20. The maximum absolute atomic E-state index is 13.8. The Balaban J connectivity index is 2.93. The van der Waals surface area contributed by atoms with Crippen molar-refractivity contribution in [3.63, 3.8) is 0 Å². The molecule has 7 heteroatoms. The van der Waals surface area contributed by atoms with Crippen LogP contribution in [0.3, 0.4) is 0 Å². The van der Waals surface area contributed by atoms with E-state index >= 15 is 0 Å². The quantitative estimate of drug-likeness (QED) is 0.823. The Morgan fingerprint density at radius 2 is 1.95 bits per heavy atom. The van der Waals surface area contributed by atoms with E-state index in [0.717, 1.165) is 0 Å². The Hall–Kier alpha value is -1.63. The van der Waals surface area contributed by atoms with Gasteiger partial charge in [-0.05, 0) is 32.9 Å². The molecule has 0 bridgehead atoms. The Morgan fingerprint density at radius 3 is 2.50 bits per heavy atom. The topological polar surface area (TPSA) is 67.4 Å². The van der Waals surface area contributed by atoms with Gasteiger partial charge in [-0.1, -0.05) is 22.0 Å². The number of ether oxygens (including phenoxy) is 1. The molecule has 2 N–H and O–H groups in total. The van der Waals surface area contributed by atoms with E-state index in [1.54, 1.807) is 20.8 Å². The molecule has 0 saturated carbocycles. The Morgan fingerprint density at radius 1 is 1.30 bits per heavy atom. The molecule has 0 heterocycles. The number of benzene rings is 1. The van der Waals surface area contributed by atoms with Crippen LogP contribution >= 0.6 is 15.9 Å². The predicted molar refractivity (Wildman–Crippen MR) is 78.7 cm³/mol. The number of amides is 2. The summed E-state index contributed by atoms with van der Waals surface area (Å²) < 4.78 is 18.8. The fourth-order valence-electron chi connectivity index (χ4n) is 1.34. The number of rotatable bonds is 3. The third-order valence-electron chi connectivity index (χ3n) is 2.04. The molecule has 0 aliphatic rings. The molecule has 1 aromatic rings. The van der Waals surface area contributed by atoms with Crippen LogP contribution in [-0.2, 0) is 9.53 Å². The summed E-state index contributed by atoms with van der Waals surface area (Å²) in [6, 6.07) is 4.09. The third-order valence-corrected chi connectivity index (χ3v) is 2.54. The van der Waals surface area contributed by atoms with Crippen molar-refractivity contribution >= 4 is 39.3 Å². The van der Waals surface area contributed by atoms with Crippen LogP contribution in [-0.4, -0.2) is 22.9 Å². The minimum Gasteiger partial charge on any atom is -0.444 e. The zero-order valence-electron chi connectivity index (χ0n) is 11.4. The van der Waals surface area contributed by atoms with Crippen LogP contribution in [0.2, 0.25) is 0 Å². The summed E-state index contributed by atoms with van der Waals surface area (Å²) in [5.41, 5.74) is -0.661. The summed E-state index contributed by atoms with van der Waals surface area (Å²) in [6.07, 6.45) is -0.794. The molecular formula is C13H16BrFN2O3. The van der Waals surface area contributed by atoms with E-state index in [0.29, 0.717) is 0 Å². The van der Waals surface area contributed by atoms with Crippen molar-refractivity contribution in [2.75, 3.05) is 16.0 Å². The van der Waals surface area contributed by atoms with Gasteiger partial charge in [0, 0.05) is 0 Å². The van der Waals surface area contributed by atoms with Crippen molar-refractivity contribution in [3.8, 4) is 0 Å². The second kappa shape index (κ2) is 6.69. The zero-order chi connectivity index (χ0) is 15.3. The second-order valence-corrected chi connectivity index (χ2v) is 5.53. The van der Waals surface area contributed by atoms with Crippen LogP contribution in [0.4, 0.5) is 20.6 Å². The van der Waals surface area contributed by atoms with E-state index in [2.05, 4.69) is 26.6 Å². The highest BCUT2D eigenvalue weighted by molar-refractivity contribution is 9.09. The molecule has 20 heavy (non-hydrogen) atoms. The minimum atomic E-state index is -0.794. The van der Waals surface area contributed by atoms with Crippen molar-refractivity contribution in [2.24, 2.45) is 0 Å². The molecule has 0 atom stereocenters. The maximum atomic E-state index is 13.8. The number of hydrogen-bond acceptors (Lipinski definition) is 3. The highest BCUT2D eigenvalue weighted by Gasteiger charge is 2.19. The molecule has 2 amide bonds. The van der Waals surface area contributed by atoms with Gasteiger partial charge in [0.2, 0.25) is 5.91 Å². The predicted octanol–water partition coefficient (Wildman–Crippen LogP) is 3.51. The molecule has 0 fully saturated rings. The normalized spacial score (nSPS) is 10.8. The van der Waals surface area contributed by atoms with Crippen molar-refractivity contribution < 1.29 is 18.7 Å². The lowest BCUT2D eigenvalue weighted by molar-refractivity contribution is -0.113. The van der Waals surface area contributed by atoms with E-state index in [4.69, 9.17) is 4.74 Å². The SMILES string of the molecule is CC(C)(C)OC(=O)Nc1c(F)cccc1NC(=O)CBr. The number of hydrogen-bond donors (Lipinski definition) is 2. The number of anilines is 2. The summed E-state index contributed by atoms with van der Waals surface area (Å²) in [5.74, 6) is -1.02. The van der Waals surface area contributed by atoms with Gasteiger partial charge in [-0.25, -0.2) is 9.18 Å². The van der Waals surface area contributed by atoms with Gasteiger partial charge in [-0.2, -0.15) is 0 Å². The number of nitrogens with one attached hydrogen (secondary N) is 2. The van der Waals surface area contributed by atoms with Crippen molar-refractivity contribution in [1.82, 2.24) is 0 Å². The highest BCUT2D eigenvalue weighted by Crippen LogP contribution is 2.25. The first-order valence-electron chi connectivity index (χ1n) is 5.87. The summed E-state index contributed by atoms with van der Waals surface area (Å²) in [4.78, 5) is 23.0. The molecule has 0 aromatic heterocycles. The van der Waals surface area contributed by atoms with Crippen molar-refractivity contribution in [1.29, 1.82) is 0 Å². The number of carbonyl (C=O) groups excluding carboxylic acids is 2. The fraction of sp³-hybridized carbons (Fsp3) is 0.385. The number of alkyl halides is 1. The smallest absolute Gasteiger partial charge is 0.412 e. The van der Waals surface area contributed by atoms with Crippen LogP contribution < -0.4 is 10.6 Å². The van der Waals surface area contributed by atoms with Gasteiger partial charge in [-0.15, -0.1) is 0 Å². The van der Waals surface area contributed by atoms with Crippen LogP contribution in [0, 0.1) is 5.82 Å². The highest BCUT2D eigenvalue weighted by atomic mass is 79.9. The maximum Gasteiger partial charge on any atom is 0.412 e. The summed E-state index contributed by atoms with van der Waals surface area (Å²) in [7, 11) is 0. The molecule has 0 aliphatic carbocycles. The first kappa shape index (κ1) is 16.4. The van der Waals surface area contributed by atoms with E-state index in [9.17, 15) is 14.0 Å². The minimum absolute atomic E-state index is 0.0649. The average Bonchev–Trinajstić information content (AvgIpc) is 2.31. The third kappa shape index (κ3) is 5.16. The monoisotopic (exact) mass is 346 g/mol. The van der Waals surface area contributed by atoms with E-state index in [-0.39, 0.29) is 22.6 Å². The number of para-hydroxylation sites is 1. The first-order valence-corrected chi connectivity index (χ1v) is 6.99. The van der Waals surface area contributed by atoms with Gasteiger partial charge in [0.1, 0.15) is 17.1 Å². The van der Waals surface area contributed by atoms with Gasteiger partial charge in [-0.3, -0.25) is 10.1 Å². The summed E-state index contributed by atoms with van der Waals surface area (Å²) >= 11 is 2.99. The molecule has 5 nitrogen and oxygen atoms in total. The first-order chi connectivity index (χ1) is 9.23. The molecule has 0 radical (unpaired) electrons. The Bertz CT molecular complexity index is 515. The lowest BCUT2D eigenvalue weighted by Crippen LogP contribution is -2.28. The van der Waals surface area contributed by atoms with Crippen LogP contribution in [0.15, 0.2) is 18.2 Å². The molecule has 1 rings (SSSR count).